The highest BCUT2D eigenvalue weighted by molar-refractivity contribution is 6.30. The Morgan fingerprint density at radius 3 is 2.50 bits per heavy atom. The molecule has 0 aliphatic heterocycles. The summed E-state index contributed by atoms with van der Waals surface area (Å²) in [5, 5.41) is 9.16. The Morgan fingerprint density at radius 1 is 1.19 bits per heavy atom. The summed E-state index contributed by atoms with van der Waals surface area (Å²) in [6.45, 7) is 0.576. The summed E-state index contributed by atoms with van der Waals surface area (Å²) in [6, 6.07) is 6.59. The molecule has 0 bridgehead atoms. The normalized spacial score (nSPS) is 10.1. The van der Waals surface area contributed by atoms with Crippen LogP contribution in [0.2, 0.25) is 5.02 Å². The zero-order chi connectivity index (χ0) is 11.8. The van der Waals surface area contributed by atoms with Crippen molar-refractivity contribution in [2.24, 2.45) is 0 Å². The predicted octanol–water partition coefficient (Wildman–Crippen LogP) is 2.66. The number of benzene rings is 1. The first-order valence-corrected chi connectivity index (χ1v) is 5.65. The van der Waals surface area contributed by atoms with Crippen molar-refractivity contribution in [3.8, 4) is 0 Å². The van der Waals surface area contributed by atoms with Crippen LogP contribution in [0.3, 0.4) is 0 Å². The van der Waals surface area contributed by atoms with Gasteiger partial charge in [-0.05, 0) is 43.5 Å². The van der Waals surface area contributed by atoms with Crippen molar-refractivity contribution in [3.63, 3.8) is 0 Å². The van der Waals surface area contributed by atoms with Gasteiger partial charge in [0.25, 0.3) is 0 Å². The van der Waals surface area contributed by atoms with E-state index in [2.05, 4.69) is 0 Å². The lowest BCUT2D eigenvalue weighted by Gasteiger charge is -2.04. The molecule has 0 heterocycles. The van der Waals surface area contributed by atoms with Crippen LogP contribution in [0, 0.1) is 0 Å². The summed E-state index contributed by atoms with van der Waals surface area (Å²) in [4.78, 5) is 11.5. The first kappa shape index (κ1) is 13.0. The molecule has 3 nitrogen and oxygen atoms in total. The van der Waals surface area contributed by atoms with Crippen molar-refractivity contribution < 1.29 is 14.6 Å². The van der Waals surface area contributed by atoms with Gasteiger partial charge in [-0.1, -0.05) is 11.6 Å². The molecule has 0 amide bonds. The van der Waals surface area contributed by atoms with Gasteiger partial charge < -0.3 is 9.84 Å². The quantitative estimate of drug-likeness (QED) is 0.616. The summed E-state index contributed by atoms with van der Waals surface area (Å²) in [7, 11) is 0. The Kier molecular flexibility index (Phi) is 5.90. The smallest absolute Gasteiger partial charge is 0.338 e. The molecule has 0 fully saturated rings. The summed E-state index contributed by atoms with van der Waals surface area (Å²) in [6.07, 6.45) is 2.39. The van der Waals surface area contributed by atoms with Crippen molar-refractivity contribution in [1.82, 2.24) is 0 Å². The standard InChI is InChI=1S/C12H15ClO3/c13-11-6-4-10(5-7-11)12(15)16-9-3-1-2-8-14/h4-7,14H,1-3,8-9H2. The summed E-state index contributed by atoms with van der Waals surface area (Å²) in [5.41, 5.74) is 0.506. The Morgan fingerprint density at radius 2 is 1.88 bits per heavy atom. The molecule has 0 atom stereocenters. The molecular formula is C12H15ClO3. The maximum absolute atomic E-state index is 11.5. The van der Waals surface area contributed by atoms with Crippen LogP contribution in [-0.4, -0.2) is 24.3 Å². The first-order chi connectivity index (χ1) is 7.74. The number of hydrogen-bond acceptors (Lipinski definition) is 3. The van der Waals surface area contributed by atoms with Gasteiger partial charge in [-0.3, -0.25) is 0 Å². The Bertz CT molecular complexity index is 322. The van der Waals surface area contributed by atoms with Crippen LogP contribution in [0.1, 0.15) is 29.6 Å². The largest absolute Gasteiger partial charge is 0.462 e. The van der Waals surface area contributed by atoms with Gasteiger partial charge in [0.1, 0.15) is 0 Å². The molecule has 1 rings (SSSR count). The molecule has 0 spiro atoms. The second-order valence-corrected chi connectivity index (χ2v) is 3.86. The molecule has 0 radical (unpaired) electrons. The minimum atomic E-state index is -0.333. The number of ether oxygens (including phenoxy) is 1. The first-order valence-electron chi connectivity index (χ1n) is 5.27. The van der Waals surface area contributed by atoms with Crippen molar-refractivity contribution in [2.45, 2.75) is 19.3 Å². The van der Waals surface area contributed by atoms with Crippen LogP contribution >= 0.6 is 11.6 Å². The van der Waals surface area contributed by atoms with Crippen LogP contribution in [0.4, 0.5) is 0 Å². The van der Waals surface area contributed by atoms with Crippen LogP contribution < -0.4 is 0 Å². The van der Waals surface area contributed by atoms with Gasteiger partial charge in [0, 0.05) is 11.6 Å². The van der Waals surface area contributed by atoms with Crippen molar-refractivity contribution in [3.05, 3.63) is 34.9 Å². The van der Waals surface area contributed by atoms with Gasteiger partial charge in [-0.25, -0.2) is 4.79 Å². The number of carbonyl (C=O) groups is 1. The molecule has 1 aromatic carbocycles. The lowest BCUT2D eigenvalue weighted by molar-refractivity contribution is 0.0497. The number of esters is 1. The van der Waals surface area contributed by atoms with E-state index in [4.69, 9.17) is 21.4 Å². The third-order valence-electron chi connectivity index (χ3n) is 2.12. The Hall–Kier alpha value is -1.06. The lowest BCUT2D eigenvalue weighted by atomic mass is 10.2. The molecule has 0 aliphatic carbocycles. The molecule has 0 saturated heterocycles. The second kappa shape index (κ2) is 7.25. The number of rotatable bonds is 6. The molecule has 16 heavy (non-hydrogen) atoms. The van der Waals surface area contributed by atoms with Gasteiger partial charge in [0.05, 0.1) is 12.2 Å². The van der Waals surface area contributed by atoms with Gasteiger partial charge in [0.15, 0.2) is 0 Å². The predicted molar refractivity (Wildman–Crippen MR) is 62.7 cm³/mol. The molecule has 0 unspecified atom stereocenters. The third-order valence-corrected chi connectivity index (χ3v) is 2.37. The van der Waals surface area contributed by atoms with E-state index in [0.717, 1.165) is 19.3 Å². The number of unbranched alkanes of at least 4 members (excludes halogenated alkanes) is 2. The van der Waals surface area contributed by atoms with E-state index in [1.807, 2.05) is 0 Å². The third kappa shape index (κ3) is 4.64. The number of aliphatic hydroxyl groups is 1. The molecule has 1 N–H and O–H groups in total. The van der Waals surface area contributed by atoms with Crippen molar-refractivity contribution in [1.29, 1.82) is 0 Å². The highest BCUT2D eigenvalue weighted by atomic mass is 35.5. The highest BCUT2D eigenvalue weighted by Gasteiger charge is 2.05. The lowest BCUT2D eigenvalue weighted by Crippen LogP contribution is -2.06. The summed E-state index contributed by atoms with van der Waals surface area (Å²) in [5.74, 6) is -0.333. The fourth-order valence-corrected chi connectivity index (χ4v) is 1.35. The number of hydrogen-bond donors (Lipinski definition) is 1. The van der Waals surface area contributed by atoms with Crippen molar-refractivity contribution in [2.75, 3.05) is 13.2 Å². The maximum Gasteiger partial charge on any atom is 0.338 e. The average molecular weight is 243 g/mol. The maximum atomic E-state index is 11.5. The molecular weight excluding hydrogens is 228 g/mol. The Labute approximate surface area is 100.0 Å². The van der Waals surface area contributed by atoms with Crippen LogP contribution in [-0.2, 0) is 4.74 Å². The minimum Gasteiger partial charge on any atom is -0.462 e. The monoisotopic (exact) mass is 242 g/mol. The zero-order valence-electron chi connectivity index (χ0n) is 8.99. The van der Waals surface area contributed by atoms with Gasteiger partial charge in [-0.2, -0.15) is 0 Å². The van der Waals surface area contributed by atoms with E-state index >= 15 is 0 Å². The fraction of sp³-hybridized carbons (Fsp3) is 0.417. The van der Waals surface area contributed by atoms with Crippen molar-refractivity contribution >= 4 is 17.6 Å². The SMILES string of the molecule is O=C(OCCCCCO)c1ccc(Cl)cc1. The second-order valence-electron chi connectivity index (χ2n) is 3.43. The van der Waals surface area contributed by atoms with Crippen LogP contribution in [0.15, 0.2) is 24.3 Å². The van der Waals surface area contributed by atoms with Gasteiger partial charge in [0.2, 0.25) is 0 Å². The summed E-state index contributed by atoms with van der Waals surface area (Å²) >= 11 is 5.70. The molecule has 1 aromatic rings. The van der Waals surface area contributed by atoms with E-state index < -0.39 is 0 Å². The molecule has 0 aromatic heterocycles. The number of halogens is 1. The van der Waals surface area contributed by atoms with Gasteiger partial charge >= 0.3 is 5.97 Å². The van der Waals surface area contributed by atoms with E-state index in [1.54, 1.807) is 24.3 Å². The molecule has 4 heteroatoms. The van der Waals surface area contributed by atoms with Crippen LogP contribution in [0.5, 0.6) is 0 Å². The van der Waals surface area contributed by atoms with E-state index in [9.17, 15) is 4.79 Å². The molecule has 0 saturated carbocycles. The number of aliphatic hydroxyl groups excluding tert-OH is 1. The molecule has 88 valence electrons. The minimum absolute atomic E-state index is 0.186. The number of carbonyl (C=O) groups excluding carboxylic acids is 1. The fourth-order valence-electron chi connectivity index (χ4n) is 1.22. The van der Waals surface area contributed by atoms with Crippen LogP contribution in [0.25, 0.3) is 0 Å². The summed E-state index contributed by atoms with van der Waals surface area (Å²) < 4.78 is 5.05. The topological polar surface area (TPSA) is 46.5 Å². The Balaban J connectivity index is 2.27. The zero-order valence-corrected chi connectivity index (χ0v) is 9.74. The van der Waals surface area contributed by atoms with E-state index in [1.165, 1.54) is 0 Å². The van der Waals surface area contributed by atoms with E-state index in [-0.39, 0.29) is 12.6 Å². The highest BCUT2D eigenvalue weighted by Crippen LogP contribution is 2.10. The molecule has 0 aliphatic rings. The average Bonchev–Trinajstić information content (AvgIpc) is 2.29. The van der Waals surface area contributed by atoms with Gasteiger partial charge in [-0.15, -0.1) is 0 Å². The van der Waals surface area contributed by atoms with E-state index in [0.29, 0.717) is 17.2 Å².